The fraction of sp³-hybridized carbons (Fsp3) is 0.167. The monoisotopic (exact) mass is 263 g/mol. The second-order valence-corrected chi connectivity index (χ2v) is 5.30. The SMILES string of the molecule is Cc1cccc(C)c1C(=O)c1c[nH]c2cccc(C)c12. The van der Waals surface area contributed by atoms with E-state index in [1.165, 1.54) is 0 Å². The van der Waals surface area contributed by atoms with Gasteiger partial charge in [-0.25, -0.2) is 0 Å². The molecule has 0 aliphatic carbocycles. The van der Waals surface area contributed by atoms with E-state index in [-0.39, 0.29) is 5.78 Å². The summed E-state index contributed by atoms with van der Waals surface area (Å²) in [4.78, 5) is 16.1. The molecule has 0 aliphatic rings. The molecule has 0 atom stereocenters. The Morgan fingerprint density at radius 3 is 2.20 bits per heavy atom. The highest BCUT2D eigenvalue weighted by Crippen LogP contribution is 2.26. The molecule has 0 bridgehead atoms. The van der Waals surface area contributed by atoms with Crippen LogP contribution in [0, 0.1) is 20.8 Å². The van der Waals surface area contributed by atoms with Gasteiger partial charge >= 0.3 is 0 Å². The number of carbonyl (C=O) groups excluding carboxylic acids is 1. The summed E-state index contributed by atoms with van der Waals surface area (Å²) in [6.07, 6.45) is 1.83. The van der Waals surface area contributed by atoms with Gasteiger partial charge in [0.1, 0.15) is 0 Å². The Balaban J connectivity index is 2.24. The summed E-state index contributed by atoms with van der Waals surface area (Å²) in [7, 11) is 0. The normalized spacial score (nSPS) is 10.9. The van der Waals surface area contributed by atoms with Crippen LogP contribution in [-0.2, 0) is 0 Å². The molecule has 2 nitrogen and oxygen atoms in total. The van der Waals surface area contributed by atoms with Gasteiger partial charge in [0.2, 0.25) is 0 Å². The molecule has 1 N–H and O–H groups in total. The lowest BCUT2D eigenvalue weighted by atomic mass is 9.94. The smallest absolute Gasteiger partial charge is 0.195 e. The van der Waals surface area contributed by atoms with Crippen LogP contribution in [0.3, 0.4) is 0 Å². The molecule has 0 aliphatic heterocycles. The predicted molar refractivity (Wildman–Crippen MR) is 82.4 cm³/mol. The number of hydrogen-bond acceptors (Lipinski definition) is 1. The fourth-order valence-electron chi connectivity index (χ4n) is 2.85. The Hall–Kier alpha value is -2.35. The zero-order chi connectivity index (χ0) is 14.3. The number of aryl methyl sites for hydroxylation is 3. The van der Waals surface area contributed by atoms with E-state index in [9.17, 15) is 4.79 Å². The molecular weight excluding hydrogens is 246 g/mol. The fourth-order valence-corrected chi connectivity index (χ4v) is 2.85. The van der Waals surface area contributed by atoms with Gasteiger partial charge < -0.3 is 4.98 Å². The first-order chi connectivity index (χ1) is 9.59. The number of rotatable bonds is 2. The maximum atomic E-state index is 12.9. The van der Waals surface area contributed by atoms with Gasteiger partial charge in [-0.15, -0.1) is 0 Å². The molecule has 0 saturated carbocycles. The van der Waals surface area contributed by atoms with E-state index < -0.39 is 0 Å². The minimum absolute atomic E-state index is 0.0983. The minimum atomic E-state index is 0.0983. The highest BCUT2D eigenvalue weighted by atomic mass is 16.1. The molecule has 0 radical (unpaired) electrons. The topological polar surface area (TPSA) is 32.9 Å². The largest absolute Gasteiger partial charge is 0.360 e. The summed E-state index contributed by atoms with van der Waals surface area (Å²) >= 11 is 0. The molecule has 0 saturated heterocycles. The number of carbonyl (C=O) groups is 1. The van der Waals surface area contributed by atoms with Crippen LogP contribution in [0.25, 0.3) is 10.9 Å². The molecule has 20 heavy (non-hydrogen) atoms. The van der Waals surface area contributed by atoms with Crippen LogP contribution in [-0.4, -0.2) is 10.8 Å². The zero-order valence-electron chi connectivity index (χ0n) is 11.9. The molecular formula is C18H17NO. The van der Waals surface area contributed by atoms with E-state index in [2.05, 4.69) is 4.98 Å². The molecule has 3 aromatic rings. The van der Waals surface area contributed by atoms with E-state index in [0.717, 1.165) is 38.7 Å². The van der Waals surface area contributed by atoms with Crippen molar-refractivity contribution in [1.82, 2.24) is 4.98 Å². The molecule has 1 heterocycles. The van der Waals surface area contributed by atoms with E-state index in [1.54, 1.807) is 0 Å². The number of aromatic amines is 1. The Kier molecular flexibility index (Phi) is 2.94. The molecule has 0 amide bonds. The third-order valence-corrected chi connectivity index (χ3v) is 3.87. The van der Waals surface area contributed by atoms with E-state index in [0.29, 0.717) is 0 Å². The lowest BCUT2D eigenvalue weighted by molar-refractivity contribution is 0.103. The van der Waals surface area contributed by atoms with Gasteiger partial charge in [-0.1, -0.05) is 30.3 Å². The van der Waals surface area contributed by atoms with Crippen LogP contribution in [0.2, 0.25) is 0 Å². The summed E-state index contributed by atoms with van der Waals surface area (Å²) in [5, 5.41) is 1.03. The summed E-state index contributed by atoms with van der Waals surface area (Å²) < 4.78 is 0. The molecule has 100 valence electrons. The van der Waals surface area contributed by atoms with Crippen LogP contribution in [0.5, 0.6) is 0 Å². The Labute approximate surface area is 118 Å². The van der Waals surface area contributed by atoms with Crippen molar-refractivity contribution < 1.29 is 4.79 Å². The first-order valence-corrected chi connectivity index (χ1v) is 6.77. The Morgan fingerprint density at radius 2 is 1.50 bits per heavy atom. The van der Waals surface area contributed by atoms with Gasteiger partial charge in [0.25, 0.3) is 0 Å². The maximum Gasteiger partial charge on any atom is 0.195 e. The molecule has 0 unspecified atom stereocenters. The summed E-state index contributed by atoms with van der Waals surface area (Å²) in [6, 6.07) is 12.0. The lowest BCUT2D eigenvalue weighted by Crippen LogP contribution is -2.05. The maximum absolute atomic E-state index is 12.9. The van der Waals surface area contributed by atoms with Gasteiger partial charge in [-0.2, -0.15) is 0 Å². The number of hydrogen-bond donors (Lipinski definition) is 1. The molecule has 1 aromatic heterocycles. The van der Waals surface area contributed by atoms with Crippen molar-refractivity contribution in [2.45, 2.75) is 20.8 Å². The standard InChI is InChI=1S/C18H17NO/c1-11-6-4-7-12(2)16(11)18(20)14-10-19-15-9-5-8-13(3)17(14)15/h4-10,19H,1-3H3. The van der Waals surface area contributed by atoms with Crippen LogP contribution >= 0.6 is 0 Å². The molecule has 2 aromatic carbocycles. The van der Waals surface area contributed by atoms with Gasteiger partial charge in [0.05, 0.1) is 0 Å². The van der Waals surface area contributed by atoms with Gasteiger partial charge in [-0.05, 0) is 43.5 Å². The van der Waals surface area contributed by atoms with Gasteiger partial charge in [-0.3, -0.25) is 4.79 Å². The third-order valence-electron chi connectivity index (χ3n) is 3.87. The number of nitrogens with one attached hydrogen (secondary N) is 1. The summed E-state index contributed by atoms with van der Waals surface area (Å²) in [6.45, 7) is 6.02. The lowest BCUT2D eigenvalue weighted by Gasteiger charge is -2.08. The van der Waals surface area contributed by atoms with Crippen molar-refractivity contribution >= 4 is 16.7 Å². The van der Waals surface area contributed by atoms with Crippen LogP contribution < -0.4 is 0 Å². The van der Waals surface area contributed by atoms with Crippen LogP contribution in [0.1, 0.15) is 32.6 Å². The highest BCUT2D eigenvalue weighted by molar-refractivity contribution is 6.18. The van der Waals surface area contributed by atoms with Crippen LogP contribution in [0.4, 0.5) is 0 Å². The number of H-pyrrole nitrogens is 1. The minimum Gasteiger partial charge on any atom is -0.360 e. The van der Waals surface area contributed by atoms with Crippen molar-refractivity contribution in [3.63, 3.8) is 0 Å². The van der Waals surface area contributed by atoms with Crippen molar-refractivity contribution in [1.29, 1.82) is 0 Å². The van der Waals surface area contributed by atoms with E-state index >= 15 is 0 Å². The van der Waals surface area contributed by atoms with Gasteiger partial charge in [0.15, 0.2) is 5.78 Å². The predicted octanol–water partition coefficient (Wildman–Crippen LogP) is 4.32. The first-order valence-electron chi connectivity index (χ1n) is 6.77. The Morgan fingerprint density at radius 1 is 0.900 bits per heavy atom. The number of aromatic nitrogens is 1. The number of fused-ring (bicyclic) bond motifs is 1. The number of ketones is 1. The van der Waals surface area contributed by atoms with Crippen molar-refractivity contribution in [2.75, 3.05) is 0 Å². The average Bonchev–Trinajstić information content (AvgIpc) is 2.83. The summed E-state index contributed by atoms with van der Waals surface area (Å²) in [5.41, 5.74) is 5.76. The average molecular weight is 263 g/mol. The molecule has 0 spiro atoms. The van der Waals surface area contributed by atoms with Crippen LogP contribution in [0.15, 0.2) is 42.6 Å². The van der Waals surface area contributed by atoms with Crippen molar-refractivity contribution in [2.24, 2.45) is 0 Å². The second kappa shape index (κ2) is 4.64. The summed E-state index contributed by atoms with van der Waals surface area (Å²) in [5.74, 6) is 0.0983. The molecule has 3 rings (SSSR count). The van der Waals surface area contributed by atoms with E-state index in [1.807, 2.05) is 63.4 Å². The second-order valence-electron chi connectivity index (χ2n) is 5.30. The number of benzene rings is 2. The molecule has 0 fully saturated rings. The van der Waals surface area contributed by atoms with Crippen molar-refractivity contribution in [3.05, 3.63) is 70.4 Å². The van der Waals surface area contributed by atoms with Gasteiger partial charge in [0, 0.05) is 28.2 Å². The zero-order valence-corrected chi connectivity index (χ0v) is 11.9. The Bertz CT molecular complexity index is 791. The quantitative estimate of drug-likeness (QED) is 0.686. The van der Waals surface area contributed by atoms with E-state index in [4.69, 9.17) is 0 Å². The highest BCUT2D eigenvalue weighted by Gasteiger charge is 2.18. The first kappa shape index (κ1) is 12.7. The third kappa shape index (κ3) is 1.85. The van der Waals surface area contributed by atoms with Crippen molar-refractivity contribution in [3.8, 4) is 0 Å². The molecule has 2 heteroatoms.